The van der Waals surface area contributed by atoms with E-state index in [1.807, 2.05) is 32.0 Å². The van der Waals surface area contributed by atoms with Crippen molar-refractivity contribution in [3.8, 4) is 17.4 Å². The smallest absolute Gasteiger partial charge is 0.261 e. The monoisotopic (exact) mass is 435 g/mol. The van der Waals surface area contributed by atoms with Crippen LogP contribution >= 0.6 is 0 Å². The van der Waals surface area contributed by atoms with Crippen LogP contribution in [0.2, 0.25) is 0 Å². The number of aromatic nitrogens is 4. The fourth-order valence-electron chi connectivity index (χ4n) is 2.86. The number of hydrogen-bond acceptors (Lipinski definition) is 6. The third kappa shape index (κ3) is 4.89. The average Bonchev–Trinajstić information content (AvgIpc) is 3.22. The molecule has 0 saturated carbocycles. The SMILES string of the molecule is CCc1ccc(S(=O)(=O)Nc2ccc(Oc3ccc(-n4ccc(C)n4)nn3)cc2)cc1. The molecule has 2 aromatic carbocycles. The Morgan fingerprint density at radius 1 is 0.935 bits per heavy atom. The van der Waals surface area contributed by atoms with Gasteiger partial charge in [0.2, 0.25) is 5.88 Å². The number of nitrogens with zero attached hydrogens (tertiary/aromatic N) is 4. The Morgan fingerprint density at radius 3 is 2.26 bits per heavy atom. The van der Waals surface area contributed by atoms with Gasteiger partial charge in [-0.25, -0.2) is 13.1 Å². The van der Waals surface area contributed by atoms with E-state index in [1.165, 1.54) is 0 Å². The molecule has 0 saturated heterocycles. The molecular formula is C22H21N5O3S. The van der Waals surface area contributed by atoms with E-state index >= 15 is 0 Å². The van der Waals surface area contributed by atoms with Crippen molar-refractivity contribution in [3.63, 3.8) is 0 Å². The van der Waals surface area contributed by atoms with Crippen molar-refractivity contribution in [3.05, 3.63) is 84.2 Å². The Kier molecular flexibility index (Phi) is 5.68. The number of hydrogen-bond donors (Lipinski definition) is 1. The molecule has 0 aliphatic carbocycles. The Hall–Kier alpha value is -3.72. The van der Waals surface area contributed by atoms with Crippen LogP contribution in [0.4, 0.5) is 5.69 Å². The van der Waals surface area contributed by atoms with E-state index in [0.717, 1.165) is 17.7 Å². The molecule has 0 fully saturated rings. The Labute approximate surface area is 180 Å². The van der Waals surface area contributed by atoms with Crippen molar-refractivity contribution in [1.82, 2.24) is 20.0 Å². The van der Waals surface area contributed by atoms with Crippen molar-refractivity contribution in [2.45, 2.75) is 25.2 Å². The van der Waals surface area contributed by atoms with E-state index in [0.29, 0.717) is 23.1 Å². The minimum atomic E-state index is -3.66. The van der Waals surface area contributed by atoms with Gasteiger partial charge in [-0.15, -0.1) is 10.2 Å². The Balaban J connectivity index is 1.42. The summed E-state index contributed by atoms with van der Waals surface area (Å²) in [5.74, 6) is 1.40. The zero-order valence-corrected chi connectivity index (χ0v) is 17.9. The lowest BCUT2D eigenvalue weighted by Crippen LogP contribution is -2.12. The number of sulfonamides is 1. The Bertz CT molecular complexity index is 1270. The predicted molar refractivity (Wildman–Crippen MR) is 117 cm³/mol. The summed E-state index contributed by atoms with van der Waals surface area (Å²) in [5, 5.41) is 12.4. The van der Waals surface area contributed by atoms with Crippen LogP contribution in [-0.4, -0.2) is 28.4 Å². The lowest BCUT2D eigenvalue weighted by Gasteiger charge is -2.10. The molecule has 0 radical (unpaired) electrons. The highest BCUT2D eigenvalue weighted by Gasteiger charge is 2.14. The van der Waals surface area contributed by atoms with Gasteiger partial charge in [0.15, 0.2) is 5.82 Å². The van der Waals surface area contributed by atoms with Crippen LogP contribution < -0.4 is 9.46 Å². The summed E-state index contributed by atoms with van der Waals surface area (Å²) < 4.78 is 35.0. The van der Waals surface area contributed by atoms with Gasteiger partial charge < -0.3 is 4.74 Å². The van der Waals surface area contributed by atoms with Crippen LogP contribution in [0.3, 0.4) is 0 Å². The molecule has 0 spiro atoms. The van der Waals surface area contributed by atoms with Crippen LogP contribution in [0, 0.1) is 6.92 Å². The first-order valence-electron chi connectivity index (χ1n) is 9.69. The maximum absolute atomic E-state index is 12.6. The summed E-state index contributed by atoms with van der Waals surface area (Å²) >= 11 is 0. The number of ether oxygens (including phenoxy) is 1. The van der Waals surface area contributed by atoms with Crippen molar-refractivity contribution < 1.29 is 13.2 Å². The number of nitrogens with one attached hydrogen (secondary N) is 1. The van der Waals surface area contributed by atoms with Gasteiger partial charge in [0, 0.05) is 18.0 Å². The predicted octanol–water partition coefficient (Wildman–Crippen LogP) is 4.13. The fraction of sp³-hybridized carbons (Fsp3) is 0.136. The van der Waals surface area contributed by atoms with Gasteiger partial charge >= 0.3 is 0 Å². The topological polar surface area (TPSA) is 99.0 Å². The highest BCUT2D eigenvalue weighted by Crippen LogP contribution is 2.23. The van der Waals surface area contributed by atoms with E-state index in [2.05, 4.69) is 20.0 Å². The maximum Gasteiger partial charge on any atom is 0.261 e. The second-order valence-electron chi connectivity index (χ2n) is 6.86. The van der Waals surface area contributed by atoms with Crippen molar-refractivity contribution in [2.75, 3.05) is 4.72 Å². The zero-order chi connectivity index (χ0) is 21.8. The number of benzene rings is 2. The molecule has 0 unspecified atom stereocenters. The molecule has 9 heteroatoms. The van der Waals surface area contributed by atoms with Crippen LogP contribution in [0.15, 0.2) is 77.8 Å². The third-order valence-electron chi connectivity index (χ3n) is 4.55. The largest absolute Gasteiger partial charge is 0.438 e. The highest BCUT2D eigenvalue weighted by molar-refractivity contribution is 7.92. The molecule has 2 aromatic heterocycles. The van der Waals surface area contributed by atoms with Gasteiger partial charge in [0.25, 0.3) is 10.0 Å². The standard InChI is InChI=1S/C22H21N5O3S/c1-3-17-4-10-20(11-5-17)31(28,29)26-18-6-8-19(9-7-18)30-22-13-12-21(23-24-22)27-15-14-16(2)25-27/h4-15,26H,3H2,1-2H3. The number of aryl methyl sites for hydroxylation is 2. The zero-order valence-electron chi connectivity index (χ0n) is 17.1. The second-order valence-corrected chi connectivity index (χ2v) is 8.54. The lowest BCUT2D eigenvalue weighted by molar-refractivity contribution is 0.454. The van der Waals surface area contributed by atoms with Crippen LogP contribution in [0.25, 0.3) is 5.82 Å². The van der Waals surface area contributed by atoms with E-state index in [9.17, 15) is 8.42 Å². The summed E-state index contributed by atoms with van der Waals surface area (Å²) in [4.78, 5) is 0.216. The van der Waals surface area contributed by atoms with E-state index in [1.54, 1.807) is 59.4 Å². The average molecular weight is 436 g/mol. The molecule has 0 bridgehead atoms. The van der Waals surface area contributed by atoms with Crippen molar-refractivity contribution in [1.29, 1.82) is 0 Å². The normalized spacial score (nSPS) is 11.3. The minimum absolute atomic E-state index is 0.216. The molecule has 0 aliphatic heterocycles. The minimum Gasteiger partial charge on any atom is -0.438 e. The lowest BCUT2D eigenvalue weighted by atomic mass is 10.2. The van der Waals surface area contributed by atoms with Gasteiger partial charge in [-0.2, -0.15) is 5.10 Å². The van der Waals surface area contributed by atoms with Gasteiger partial charge in [-0.05, 0) is 67.4 Å². The third-order valence-corrected chi connectivity index (χ3v) is 5.95. The van der Waals surface area contributed by atoms with Gasteiger partial charge in [0.05, 0.1) is 10.6 Å². The van der Waals surface area contributed by atoms with Gasteiger partial charge in [0.1, 0.15) is 5.75 Å². The van der Waals surface area contributed by atoms with Crippen LogP contribution in [-0.2, 0) is 16.4 Å². The van der Waals surface area contributed by atoms with Crippen molar-refractivity contribution in [2.24, 2.45) is 0 Å². The molecule has 4 rings (SSSR count). The fourth-order valence-corrected chi connectivity index (χ4v) is 3.92. The van der Waals surface area contributed by atoms with Crippen LogP contribution in [0.5, 0.6) is 11.6 Å². The Morgan fingerprint density at radius 2 is 1.68 bits per heavy atom. The number of rotatable bonds is 7. The summed E-state index contributed by atoms with van der Waals surface area (Å²) in [5.41, 5.74) is 2.40. The van der Waals surface area contributed by atoms with E-state index < -0.39 is 10.0 Å². The van der Waals surface area contributed by atoms with E-state index in [-0.39, 0.29) is 4.90 Å². The van der Waals surface area contributed by atoms with Crippen LogP contribution in [0.1, 0.15) is 18.2 Å². The summed E-state index contributed by atoms with van der Waals surface area (Å²) in [6, 6.07) is 18.7. The second kappa shape index (κ2) is 8.57. The summed E-state index contributed by atoms with van der Waals surface area (Å²) in [7, 11) is -3.66. The molecule has 0 aliphatic rings. The molecule has 1 N–H and O–H groups in total. The molecule has 2 heterocycles. The molecule has 31 heavy (non-hydrogen) atoms. The number of anilines is 1. The maximum atomic E-state index is 12.6. The van der Waals surface area contributed by atoms with Gasteiger partial charge in [-0.1, -0.05) is 19.1 Å². The first-order chi connectivity index (χ1) is 14.9. The quantitative estimate of drug-likeness (QED) is 0.469. The van der Waals surface area contributed by atoms with Crippen molar-refractivity contribution >= 4 is 15.7 Å². The first-order valence-corrected chi connectivity index (χ1v) is 11.2. The van der Waals surface area contributed by atoms with E-state index in [4.69, 9.17) is 4.74 Å². The molecule has 4 aromatic rings. The molecule has 8 nitrogen and oxygen atoms in total. The molecule has 0 amide bonds. The molecular weight excluding hydrogens is 414 g/mol. The molecule has 0 atom stereocenters. The first kappa shape index (κ1) is 20.5. The molecule has 158 valence electrons. The highest BCUT2D eigenvalue weighted by atomic mass is 32.2. The summed E-state index contributed by atoms with van der Waals surface area (Å²) in [6.07, 6.45) is 2.66. The summed E-state index contributed by atoms with van der Waals surface area (Å²) in [6.45, 7) is 3.92. The van der Waals surface area contributed by atoms with Gasteiger partial charge in [-0.3, -0.25) is 4.72 Å².